The van der Waals surface area contributed by atoms with E-state index in [-0.39, 0.29) is 12.5 Å². The molecule has 1 unspecified atom stereocenters. The average Bonchev–Trinajstić information content (AvgIpc) is 2.84. The van der Waals surface area contributed by atoms with Crippen LogP contribution in [0.5, 0.6) is 0 Å². The fourth-order valence-corrected chi connectivity index (χ4v) is 1.76. The van der Waals surface area contributed by atoms with Crippen LogP contribution in [0.4, 0.5) is 0 Å². The number of hydrogen-bond acceptors (Lipinski definition) is 4. The third-order valence-electron chi connectivity index (χ3n) is 2.66. The smallest absolute Gasteiger partial charge is 0.340 e. The molecule has 0 aliphatic rings. The number of benzene rings is 1. The number of carbonyl (C=O) groups is 1. The molecule has 4 N–H and O–H groups in total. The Labute approximate surface area is 109 Å². The fourth-order valence-electron chi connectivity index (χ4n) is 1.76. The molecule has 0 saturated heterocycles. The van der Waals surface area contributed by atoms with Crippen molar-refractivity contribution >= 4 is 5.91 Å². The lowest BCUT2D eigenvalue weighted by Crippen LogP contribution is -2.35. The number of rotatable bonds is 5. The molecule has 2 rings (SSSR count). The summed E-state index contributed by atoms with van der Waals surface area (Å²) >= 11 is 0. The highest BCUT2D eigenvalue weighted by atomic mass is 16.2. The van der Waals surface area contributed by atoms with E-state index in [0.717, 1.165) is 5.56 Å². The van der Waals surface area contributed by atoms with Crippen LogP contribution in [0, 0.1) is 0 Å². The van der Waals surface area contributed by atoms with E-state index in [0.29, 0.717) is 5.82 Å². The zero-order valence-corrected chi connectivity index (χ0v) is 10.4. The zero-order valence-electron chi connectivity index (χ0n) is 10.4. The molecule has 0 aliphatic carbocycles. The summed E-state index contributed by atoms with van der Waals surface area (Å²) in [5.41, 5.74) is 0.482. The van der Waals surface area contributed by atoms with Crippen LogP contribution in [0.25, 0.3) is 0 Å². The third kappa shape index (κ3) is 3.29. The first-order valence-electron chi connectivity index (χ1n) is 5.84. The lowest BCUT2D eigenvalue weighted by Gasteiger charge is -2.15. The number of aromatic nitrogens is 3. The van der Waals surface area contributed by atoms with E-state index in [1.165, 1.54) is 0 Å². The standard InChI is InChI=1S/C12H15N5O2/c1-13-10(8-5-3-2-4-6-8)11(18)14-7-9-15-12(19)17-16-9/h2-6,10,13H,7H2,1H3,(H,14,18)(H2,15,16,17,19). The van der Waals surface area contributed by atoms with Crippen molar-refractivity contribution in [3.05, 3.63) is 52.2 Å². The Morgan fingerprint density at radius 3 is 2.68 bits per heavy atom. The van der Waals surface area contributed by atoms with Crippen molar-refractivity contribution in [2.75, 3.05) is 7.05 Å². The number of nitrogens with one attached hydrogen (secondary N) is 4. The van der Waals surface area contributed by atoms with Gasteiger partial charge in [-0.25, -0.2) is 9.89 Å². The lowest BCUT2D eigenvalue weighted by atomic mass is 10.1. The van der Waals surface area contributed by atoms with Gasteiger partial charge in [-0.1, -0.05) is 30.3 Å². The van der Waals surface area contributed by atoms with E-state index in [4.69, 9.17) is 0 Å². The number of H-pyrrole nitrogens is 2. The van der Waals surface area contributed by atoms with Gasteiger partial charge in [0, 0.05) is 0 Å². The normalized spacial score (nSPS) is 12.1. The van der Waals surface area contributed by atoms with Crippen LogP contribution in [0.15, 0.2) is 35.1 Å². The predicted octanol–water partition coefficient (Wildman–Crippen LogP) is -0.325. The Hall–Kier alpha value is -2.41. The van der Waals surface area contributed by atoms with E-state index < -0.39 is 11.7 Å². The van der Waals surface area contributed by atoms with Gasteiger partial charge in [-0.05, 0) is 12.6 Å². The molecule has 7 heteroatoms. The molecule has 2 aromatic rings. The first kappa shape index (κ1) is 13.0. The molecule has 1 amide bonds. The van der Waals surface area contributed by atoms with E-state index in [2.05, 4.69) is 25.8 Å². The maximum atomic E-state index is 12.1. The molecule has 1 aromatic carbocycles. The second kappa shape index (κ2) is 5.96. The highest BCUT2D eigenvalue weighted by molar-refractivity contribution is 5.83. The highest BCUT2D eigenvalue weighted by Gasteiger charge is 2.18. The molecular formula is C12H15N5O2. The average molecular weight is 261 g/mol. The summed E-state index contributed by atoms with van der Waals surface area (Å²) in [7, 11) is 1.72. The second-order valence-corrected chi connectivity index (χ2v) is 3.97. The summed E-state index contributed by atoms with van der Waals surface area (Å²) in [6.45, 7) is 0.169. The minimum Gasteiger partial charge on any atom is -0.347 e. The van der Waals surface area contributed by atoms with Crippen LogP contribution in [0.2, 0.25) is 0 Å². The summed E-state index contributed by atoms with van der Waals surface area (Å²) in [5, 5.41) is 11.6. The quantitative estimate of drug-likeness (QED) is 0.592. The number of hydrogen-bond donors (Lipinski definition) is 4. The minimum absolute atomic E-state index is 0.169. The van der Waals surface area contributed by atoms with Crippen LogP contribution in [0.3, 0.4) is 0 Å². The maximum absolute atomic E-state index is 12.1. The molecule has 1 heterocycles. The van der Waals surface area contributed by atoms with Gasteiger partial charge in [0.25, 0.3) is 0 Å². The van der Waals surface area contributed by atoms with Crippen molar-refractivity contribution in [2.24, 2.45) is 0 Å². The molecule has 19 heavy (non-hydrogen) atoms. The van der Waals surface area contributed by atoms with Crippen LogP contribution < -0.4 is 16.3 Å². The van der Waals surface area contributed by atoms with E-state index in [9.17, 15) is 9.59 Å². The fraction of sp³-hybridized carbons (Fsp3) is 0.250. The monoisotopic (exact) mass is 261 g/mol. The number of amides is 1. The zero-order chi connectivity index (χ0) is 13.7. The molecular weight excluding hydrogens is 246 g/mol. The molecule has 0 spiro atoms. The summed E-state index contributed by atoms with van der Waals surface area (Å²) in [6, 6.07) is 8.94. The van der Waals surface area contributed by atoms with Gasteiger partial charge in [0.1, 0.15) is 11.9 Å². The largest absolute Gasteiger partial charge is 0.347 e. The van der Waals surface area contributed by atoms with Gasteiger partial charge in [-0.2, -0.15) is 5.10 Å². The van der Waals surface area contributed by atoms with Crippen molar-refractivity contribution in [1.29, 1.82) is 0 Å². The summed E-state index contributed by atoms with van der Waals surface area (Å²) in [4.78, 5) is 25.4. The number of nitrogens with zero attached hydrogens (tertiary/aromatic N) is 1. The van der Waals surface area contributed by atoms with Gasteiger partial charge >= 0.3 is 5.69 Å². The Bertz CT molecular complexity index is 589. The Kier molecular flexibility index (Phi) is 4.09. The van der Waals surface area contributed by atoms with E-state index >= 15 is 0 Å². The van der Waals surface area contributed by atoms with E-state index in [1.54, 1.807) is 7.05 Å². The SMILES string of the molecule is CNC(C(=O)NCc1n[nH]c(=O)[nH]1)c1ccccc1. The molecule has 1 atom stereocenters. The van der Waals surface area contributed by atoms with Crippen LogP contribution >= 0.6 is 0 Å². The van der Waals surface area contributed by atoms with Gasteiger partial charge < -0.3 is 10.6 Å². The summed E-state index contributed by atoms with van der Waals surface area (Å²) < 4.78 is 0. The molecule has 0 radical (unpaired) electrons. The Balaban J connectivity index is 2.00. The molecule has 0 aliphatic heterocycles. The van der Waals surface area contributed by atoms with Crippen molar-refractivity contribution in [3.63, 3.8) is 0 Å². The van der Waals surface area contributed by atoms with Crippen LogP contribution in [-0.4, -0.2) is 28.1 Å². The van der Waals surface area contributed by atoms with Gasteiger partial charge in [-0.3, -0.25) is 9.78 Å². The summed E-state index contributed by atoms with van der Waals surface area (Å²) in [5.74, 6) is 0.207. The minimum atomic E-state index is -0.438. The number of aromatic amines is 2. The second-order valence-electron chi connectivity index (χ2n) is 3.97. The summed E-state index contributed by atoms with van der Waals surface area (Å²) in [6.07, 6.45) is 0. The van der Waals surface area contributed by atoms with Crippen molar-refractivity contribution in [3.8, 4) is 0 Å². The van der Waals surface area contributed by atoms with Crippen LogP contribution in [-0.2, 0) is 11.3 Å². The van der Waals surface area contributed by atoms with Gasteiger partial charge in [-0.15, -0.1) is 0 Å². The Morgan fingerprint density at radius 2 is 2.11 bits per heavy atom. The molecule has 0 saturated carbocycles. The van der Waals surface area contributed by atoms with Crippen LogP contribution in [0.1, 0.15) is 17.4 Å². The van der Waals surface area contributed by atoms with E-state index in [1.807, 2.05) is 30.3 Å². The highest BCUT2D eigenvalue weighted by Crippen LogP contribution is 2.11. The van der Waals surface area contributed by atoms with Crippen molar-refractivity contribution in [1.82, 2.24) is 25.8 Å². The molecule has 100 valence electrons. The van der Waals surface area contributed by atoms with Crippen molar-refractivity contribution in [2.45, 2.75) is 12.6 Å². The Morgan fingerprint density at radius 1 is 1.37 bits per heavy atom. The molecule has 0 bridgehead atoms. The number of likely N-dealkylation sites (N-methyl/N-ethyl adjacent to an activating group) is 1. The predicted molar refractivity (Wildman–Crippen MR) is 69.3 cm³/mol. The maximum Gasteiger partial charge on any atom is 0.340 e. The van der Waals surface area contributed by atoms with Gasteiger partial charge in [0.05, 0.1) is 6.54 Å². The topological polar surface area (TPSA) is 103 Å². The van der Waals surface area contributed by atoms with Crippen molar-refractivity contribution < 1.29 is 4.79 Å². The van der Waals surface area contributed by atoms with Gasteiger partial charge in [0.15, 0.2) is 0 Å². The van der Waals surface area contributed by atoms with Gasteiger partial charge in [0.2, 0.25) is 5.91 Å². The molecule has 1 aromatic heterocycles. The number of carbonyl (C=O) groups excluding carboxylic acids is 1. The molecule has 7 nitrogen and oxygen atoms in total. The first-order chi connectivity index (χ1) is 9.20. The lowest BCUT2D eigenvalue weighted by molar-refractivity contribution is -0.123. The first-order valence-corrected chi connectivity index (χ1v) is 5.84. The molecule has 0 fully saturated rings. The third-order valence-corrected chi connectivity index (χ3v) is 2.66.